The molecule has 1 aromatic heterocycles. The summed E-state index contributed by atoms with van der Waals surface area (Å²) >= 11 is 0. The molecule has 0 fully saturated rings. The van der Waals surface area contributed by atoms with Crippen molar-refractivity contribution in [2.75, 3.05) is 5.32 Å². The van der Waals surface area contributed by atoms with Gasteiger partial charge in [-0.3, -0.25) is 14.9 Å². The van der Waals surface area contributed by atoms with Gasteiger partial charge in [0.2, 0.25) is 5.95 Å². The number of aromatic nitrogens is 2. The Morgan fingerprint density at radius 3 is 2.37 bits per heavy atom. The van der Waals surface area contributed by atoms with Gasteiger partial charge in [-0.15, -0.1) is 0 Å². The molecule has 2 aromatic carbocycles. The van der Waals surface area contributed by atoms with Crippen LogP contribution in [-0.4, -0.2) is 27.5 Å². The number of halogens is 3. The molecule has 30 heavy (non-hydrogen) atoms. The van der Waals surface area contributed by atoms with Gasteiger partial charge in [0.05, 0.1) is 5.56 Å². The van der Waals surface area contributed by atoms with Gasteiger partial charge in [0, 0.05) is 6.20 Å². The second-order valence-electron chi connectivity index (χ2n) is 5.59. The molecule has 156 valence electrons. The number of rotatable bonds is 5. The summed E-state index contributed by atoms with van der Waals surface area (Å²) in [6, 6.07) is 16.5. The van der Waals surface area contributed by atoms with E-state index < -0.39 is 23.7 Å². The number of ether oxygens (including phenoxy) is 1. The van der Waals surface area contributed by atoms with E-state index in [1.807, 2.05) is 30.3 Å². The zero-order valence-electron chi connectivity index (χ0n) is 15.3. The fourth-order valence-corrected chi connectivity index (χ4v) is 2.26. The Hall–Kier alpha value is -3.95. The first-order valence-electron chi connectivity index (χ1n) is 8.40. The predicted molar refractivity (Wildman–Crippen MR) is 101 cm³/mol. The Morgan fingerprint density at radius 2 is 1.70 bits per heavy atom. The van der Waals surface area contributed by atoms with Crippen molar-refractivity contribution in [2.45, 2.75) is 12.8 Å². The number of nitrogens with one attached hydrogen (secondary N) is 1. The normalized spacial score (nSPS) is 10.4. The molecule has 0 aliphatic rings. The third-order valence-corrected chi connectivity index (χ3v) is 3.54. The first kappa shape index (κ1) is 22.3. The van der Waals surface area contributed by atoms with Crippen LogP contribution in [0.4, 0.5) is 19.1 Å². The van der Waals surface area contributed by atoms with Crippen molar-refractivity contribution >= 4 is 18.3 Å². The van der Waals surface area contributed by atoms with Crippen LogP contribution in [0, 0.1) is 0 Å². The van der Waals surface area contributed by atoms with Crippen molar-refractivity contribution in [3.05, 3.63) is 83.7 Å². The van der Waals surface area contributed by atoms with Gasteiger partial charge in [-0.05, 0) is 23.8 Å². The smallest absolute Gasteiger partial charge is 0.433 e. The van der Waals surface area contributed by atoms with E-state index in [2.05, 4.69) is 15.3 Å². The minimum Gasteiger partial charge on any atom is -0.488 e. The average molecular weight is 419 g/mol. The number of amides is 1. The number of benzene rings is 2. The maximum atomic E-state index is 12.7. The van der Waals surface area contributed by atoms with Gasteiger partial charge in [0.15, 0.2) is 0 Å². The van der Waals surface area contributed by atoms with E-state index in [0.717, 1.165) is 17.8 Å². The molecule has 3 rings (SSSR count). The van der Waals surface area contributed by atoms with Gasteiger partial charge in [0.1, 0.15) is 18.1 Å². The minimum absolute atomic E-state index is 0.162. The summed E-state index contributed by atoms with van der Waals surface area (Å²) in [4.78, 5) is 27.8. The standard InChI is InChI=1S/C19H14F3N3O2.CH2O2/c20-19(21,22)16-10-11-23-18(24-16)25-17(26)14-8-4-5-9-15(14)27-12-13-6-2-1-3-7-13;2-1-3/h1-11H,12H2,(H,23,24,25,26);1H,(H,2,3). The maximum absolute atomic E-state index is 12.7. The highest BCUT2D eigenvalue weighted by Gasteiger charge is 2.33. The highest BCUT2D eigenvalue weighted by atomic mass is 19.4. The van der Waals surface area contributed by atoms with Crippen molar-refractivity contribution in [2.24, 2.45) is 0 Å². The monoisotopic (exact) mass is 419 g/mol. The van der Waals surface area contributed by atoms with Crippen LogP contribution in [0.25, 0.3) is 0 Å². The molecule has 1 amide bonds. The summed E-state index contributed by atoms with van der Waals surface area (Å²) in [5.74, 6) is -0.809. The molecule has 1 heterocycles. The Labute approximate surface area is 169 Å². The van der Waals surface area contributed by atoms with E-state index in [9.17, 15) is 18.0 Å². The third-order valence-electron chi connectivity index (χ3n) is 3.54. The first-order chi connectivity index (χ1) is 14.3. The molecule has 2 N–H and O–H groups in total. The molecule has 0 aliphatic carbocycles. The second-order valence-corrected chi connectivity index (χ2v) is 5.59. The Bertz CT molecular complexity index is 982. The average Bonchev–Trinajstić information content (AvgIpc) is 2.73. The van der Waals surface area contributed by atoms with Crippen molar-refractivity contribution in [1.82, 2.24) is 9.97 Å². The fraction of sp³-hybridized carbons (Fsp3) is 0.100. The summed E-state index contributed by atoms with van der Waals surface area (Å²) in [6.45, 7) is -0.00874. The number of para-hydroxylation sites is 1. The lowest BCUT2D eigenvalue weighted by Crippen LogP contribution is -2.17. The SMILES string of the molecule is O=C(Nc1nccc(C(F)(F)F)n1)c1ccccc1OCc1ccccc1.O=CO. The molecule has 0 atom stereocenters. The lowest BCUT2D eigenvalue weighted by molar-refractivity contribution is -0.141. The van der Waals surface area contributed by atoms with Crippen molar-refractivity contribution in [1.29, 1.82) is 0 Å². The van der Waals surface area contributed by atoms with E-state index in [1.165, 1.54) is 6.07 Å². The Balaban J connectivity index is 0.00000101. The van der Waals surface area contributed by atoms with Crippen molar-refractivity contribution < 1.29 is 32.6 Å². The first-order valence-corrected chi connectivity index (χ1v) is 8.40. The van der Waals surface area contributed by atoms with Crippen molar-refractivity contribution in [3.8, 4) is 5.75 Å². The number of nitrogens with zero attached hydrogens (tertiary/aromatic N) is 2. The van der Waals surface area contributed by atoms with Gasteiger partial charge in [-0.1, -0.05) is 42.5 Å². The van der Waals surface area contributed by atoms with Crippen LogP contribution in [0.15, 0.2) is 66.9 Å². The molecule has 0 unspecified atom stereocenters. The Kier molecular flexibility index (Phi) is 7.86. The molecular formula is C20H16F3N3O4. The second kappa shape index (κ2) is 10.6. The van der Waals surface area contributed by atoms with Crippen LogP contribution < -0.4 is 10.1 Å². The number of anilines is 1. The van der Waals surface area contributed by atoms with Crippen molar-refractivity contribution in [3.63, 3.8) is 0 Å². The molecule has 0 bridgehead atoms. The summed E-state index contributed by atoms with van der Waals surface area (Å²) in [5, 5.41) is 9.16. The fourth-order valence-electron chi connectivity index (χ4n) is 2.26. The summed E-state index contributed by atoms with van der Waals surface area (Å²) in [7, 11) is 0. The molecule has 0 saturated heterocycles. The number of hydrogen-bond acceptors (Lipinski definition) is 5. The van der Waals surface area contributed by atoms with Crippen LogP contribution in [0.3, 0.4) is 0 Å². The lowest BCUT2D eigenvalue weighted by atomic mass is 10.2. The third kappa shape index (κ3) is 6.59. The highest BCUT2D eigenvalue weighted by Crippen LogP contribution is 2.28. The number of carboxylic acid groups (broad SMARTS) is 1. The zero-order chi connectivity index (χ0) is 22.0. The van der Waals surface area contributed by atoms with Crippen LogP contribution in [0.5, 0.6) is 5.75 Å². The van der Waals surface area contributed by atoms with Crippen LogP contribution >= 0.6 is 0 Å². The van der Waals surface area contributed by atoms with Gasteiger partial charge in [-0.2, -0.15) is 13.2 Å². The number of alkyl halides is 3. The minimum atomic E-state index is -4.63. The highest BCUT2D eigenvalue weighted by molar-refractivity contribution is 6.05. The van der Waals surface area contributed by atoms with E-state index >= 15 is 0 Å². The number of carbonyl (C=O) groups excluding carboxylic acids is 1. The summed E-state index contributed by atoms with van der Waals surface area (Å²) in [6.07, 6.45) is -3.69. The molecule has 10 heteroatoms. The summed E-state index contributed by atoms with van der Waals surface area (Å²) < 4.78 is 43.9. The molecule has 0 aliphatic heterocycles. The van der Waals surface area contributed by atoms with E-state index in [-0.39, 0.29) is 18.6 Å². The van der Waals surface area contributed by atoms with E-state index in [1.54, 1.807) is 18.2 Å². The molecule has 3 aromatic rings. The zero-order valence-corrected chi connectivity index (χ0v) is 15.3. The summed E-state index contributed by atoms with van der Waals surface area (Å²) in [5.41, 5.74) is -0.0650. The maximum Gasteiger partial charge on any atom is 0.433 e. The van der Waals surface area contributed by atoms with Gasteiger partial charge in [-0.25, -0.2) is 9.97 Å². The largest absolute Gasteiger partial charge is 0.488 e. The van der Waals surface area contributed by atoms with Crippen LogP contribution in [0.1, 0.15) is 21.6 Å². The predicted octanol–water partition coefficient (Wildman–Crippen LogP) is 4.03. The molecule has 7 nitrogen and oxygen atoms in total. The van der Waals surface area contributed by atoms with Gasteiger partial charge >= 0.3 is 6.18 Å². The Morgan fingerprint density at radius 1 is 1.07 bits per heavy atom. The quantitative estimate of drug-likeness (QED) is 0.606. The topological polar surface area (TPSA) is 101 Å². The van der Waals surface area contributed by atoms with Crippen LogP contribution in [-0.2, 0) is 17.6 Å². The number of hydrogen-bond donors (Lipinski definition) is 2. The van der Waals surface area contributed by atoms with Gasteiger partial charge in [0.25, 0.3) is 12.4 Å². The van der Waals surface area contributed by atoms with Crippen LogP contribution in [0.2, 0.25) is 0 Å². The van der Waals surface area contributed by atoms with E-state index in [0.29, 0.717) is 5.75 Å². The number of carbonyl (C=O) groups is 2. The van der Waals surface area contributed by atoms with Gasteiger partial charge < -0.3 is 9.84 Å². The molecule has 0 radical (unpaired) electrons. The lowest BCUT2D eigenvalue weighted by Gasteiger charge is -2.12. The van der Waals surface area contributed by atoms with E-state index in [4.69, 9.17) is 14.6 Å². The molecule has 0 spiro atoms. The molecular weight excluding hydrogens is 403 g/mol. The molecule has 0 saturated carbocycles.